The number of aryl methyl sites for hydroxylation is 2. The summed E-state index contributed by atoms with van der Waals surface area (Å²) in [6, 6.07) is 15.1. The molecule has 0 aliphatic carbocycles. The second kappa shape index (κ2) is 8.47. The van der Waals surface area contributed by atoms with Crippen LogP contribution in [0.25, 0.3) is 6.08 Å². The van der Waals surface area contributed by atoms with Crippen molar-refractivity contribution in [2.75, 3.05) is 6.61 Å². The Labute approximate surface area is 184 Å². The summed E-state index contributed by atoms with van der Waals surface area (Å²) in [5.74, 6) is -0.443. The zero-order valence-corrected chi connectivity index (χ0v) is 18.8. The molecular weight excluding hydrogens is 408 g/mol. The van der Waals surface area contributed by atoms with Crippen LogP contribution in [0.2, 0.25) is 0 Å². The first-order chi connectivity index (χ1) is 14.9. The third-order valence-corrected chi connectivity index (χ3v) is 6.33. The SMILES string of the molecule is CCOC(=O)C1=C(C)N=c2s/c(=C\c3ccc(C)cc3C)c(=O)n2[C@H]1c1ccccc1. The number of hydrogen-bond acceptors (Lipinski definition) is 5. The van der Waals surface area contributed by atoms with Crippen LogP contribution in [0.15, 0.2) is 69.6 Å². The Hall–Kier alpha value is -3.25. The first kappa shape index (κ1) is 21.0. The number of allylic oxidation sites excluding steroid dienone is 1. The maximum absolute atomic E-state index is 13.5. The van der Waals surface area contributed by atoms with E-state index in [2.05, 4.69) is 11.1 Å². The van der Waals surface area contributed by atoms with Gasteiger partial charge in [-0.25, -0.2) is 9.79 Å². The quantitative estimate of drug-likeness (QED) is 0.594. The Morgan fingerprint density at radius 3 is 2.58 bits per heavy atom. The fourth-order valence-electron chi connectivity index (χ4n) is 3.87. The minimum absolute atomic E-state index is 0.160. The van der Waals surface area contributed by atoms with E-state index < -0.39 is 12.0 Å². The van der Waals surface area contributed by atoms with Crippen molar-refractivity contribution in [3.8, 4) is 0 Å². The molecule has 6 heteroatoms. The normalized spacial score (nSPS) is 16.1. The number of rotatable bonds is 4. The molecule has 0 saturated carbocycles. The minimum Gasteiger partial charge on any atom is -0.463 e. The summed E-state index contributed by atoms with van der Waals surface area (Å²) < 4.78 is 7.52. The predicted molar refractivity (Wildman–Crippen MR) is 123 cm³/mol. The molecular formula is C25H24N2O3S. The monoisotopic (exact) mass is 432 g/mol. The largest absolute Gasteiger partial charge is 0.463 e. The molecule has 0 amide bonds. The molecule has 0 radical (unpaired) electrons. The van der Waals surface area contributed by atoms with E-state index in [-0.39, 0.29) is 12.2 Å². The average Bonchev–Trinajstić information content (AvgIpc) is 3.04. The molecule has 158 valence electrons. The summed E-state index contributed by atoms with van der Waals surface area (Å²) in [6.07, 6.45) is 1.91. The highest BCUT2D eigenvalue weighted by Crippen LogP contribution is 2.30. The molecule has 1 aromatic heterocycles. The Morgan fingerprint density at radius 2 is 1.90 bits per heavy atom. The van der Waals surface area contributed by atoms with Gasteiger partial charge < -0.3 is 4.74 Å². The second-order valence-corrected chi connectivity index (χ2v) is 8.58. The molecule has 1 aliphatic heterocycles. The van der Waals surface area contributed by atoms with Gasteiger partial charge in [-0.1, -0.05) is 65.4 Å². The van der Waals surface area contributed by atoms with Gasteiger partial charge in [0.25, 0.3) is 5.56 Å². The van der Waals surface area contributed by atoms with E-state index in [1.807, 2.05) is 62.4 Å². The van der Waals surface area contributed by atoms with Crippen LogP contribution in [0.5, 0.6) is 0 Å². The van der Waals surface area contributed by atoms with Gasteiger partial charge in [0.15, 0.2) is 4.80 Å². The summed E-state index contributed by atoms with van der Waals surface area (Å²) in [4.78, 5) is 31.5. The van der Waals surface area contributed by atoms with E-state index >= 15 is 0 Å². The molecule has 2 aromatic carbocycles. The van der Waals surface area contributed by atoms with Crippen molar-refractivity contribution in [2.45, 2.75) is 33.7 Å². The van der Waals surface area contributed by atoms with Gasteiger partial charge in [-0.2, -0.15) is 0 Å². The summed E-state index contributed by atoms with van der Waals surface area (Å²) in [5.41, 5.74) is 4.94. The van der Waals surface area contributed by atoms with Crippen LogP contribution in [0.3, 0.4) is 0 Å². The molecule has 2 heterocycles. The summed E-state index contributed by atoms with van der Waals surface area (Å²) >= 11 is 1.34. The van der Waals surface area contributed by atoms with Crippen LogP contribution in [0.1, 0.15) is 42.1 Å². The molecule has 0 spiro atoms. The van der Waals surface area contributed by atoms with Crippen LogP contribution in [0, 0.1) is 13.8 Å². The minimum atomic E-state index is -0.572. The molecule has 1 aliphatic rings. The van der Waals surface area contributed by atoms with Crippen LogP contribution in [0.4, 0.5) is 0 Å². The molecule has 3 aromatic rings. The molecule has 31 heavy (non-hydrogen) atoms. The van der Waals surface area contributed by atoms with E-state index in [0.29, 0.717) is 20.6 Å². The van der Waals surface area contributed by atoms with Gasteiger partial charge in [-0.15, -0.1) is 0 Å². The van der Waals surface area contributed by atoms with Crippen molar-refractivity contribution >= 4 is 23.4 Å². The third-order valence-electron chi connectivity index (χ3n) is 5.34. The van der Waals surface area contributed by atoms with Crippen LogP contribution in [-0.4, -0.2) is 17.1 Å². The Bertz CT molecular complexity index is 1360. The molecule has 0 saturated heterocycles. The summed E-state index contributed by atoms with van der Waals surface area (Å²) in [5, 5.41) is 0. The second-order valence-electron chi connectivity index (χ2n) is 7.57. The Kier molecular flexibility index (Phi) is 5.74. The topological polar surface area (TPSA) is 60.7 Å². The van der Waals surface area contributed by atoms with Crippen molar-refractivity contribution in [2.24, 2.45) is 4.99 Å². The summed E-state index contributed by atoms with van der Waals surface area (Å²) in [7, 11) is 0. The van der Waals surface area contributed by atoms with Gasteiger partial charge in [0, 0.05) is 0 Å². The Morgan fingerprint density at radius 1 is 1.16 bits per heavy atom. The molecule has 0 unspecified atom stereocenters. The number of esters is 1. The van der Waals surface area contributed by atoms with Crippen molar-refractivity contribution in [1.29, 1.82) is 0 Å². The Balaban J connectivity index is 1.96. The fraction of sp³-hybridized carbons (Fsp3) is 0.240. The number of fused-ring (bicyclic) bond motifs is 1. The highest BCUT2D eigenvalue weighted by Gasteiger charge is 2.33. The van der Waals surface area contributed by atoms with Crippen molar-refractivity contribution in [3.63, 3.8) is 0 Å². The van der Waals surface area contributed by atoms with Gasteiger partial charge >= 0.3 is 5.97 Å². The number of thiazole rings is 1. The van der Waals surface area contributed by atoms with Crippen molar-refractivity contribution in [3.05, 3.63) is 102 Å². The van der Waals surface area contributed by atoms with E-state index in [1.54, 1.807) is 18.4 Å². The van der Waals surface area contributed by atoms with Crippen molar-refractivity contribution in [1.82, 2.24) is 4.57 Å². The van der Waals surface area contributed by atoms with Gasteiger partial charge in [0.2, 0.25) is 0 Å². The first-order valence-corrected chi connectivity index (χ1v) is 11.0. The highest BCUT2D eigenvalue weighted by molar-refractivity contribution is 7.07. The maximum atomic E-state index is 13.5. The lowest BCUT2D eigenvalue weighted by atomic mass is 9.96. The van der Waals surface area contributed by atoms with Gasteiger partial charge in [0.05, 0.1) is 28.5 Å². The zero-order valence-electron chi connectivity index (χ0n) is 18.0. The number of nitrogens with zero attached hydrogens (tertiary/aromatic N) is 2. The fourth-order valence-corrected chi connectivity index (χ4v) is 4.91. The molecule has 1 atom stereocenters. The number of hydrogen-bond donors (Lipinski definition) is 0. The molecule has 0 N–H and O–H groups in total. The maximum Gasteiger partial charge on any atom is 0.338 e. The van der Waals surface area contributed by atoms with Crippen LogP contribution >= 0.6 is 11.3 Å². The lowest BCUT2D eigenvalue weighted by Crippen LogP contribution is -2.39. The highest BCUT2D eigenvalue weighted by atomic mass is 32.1. The van der Waals surface area contributed by atoms with E-state index in [9.17, 15) is 9.59 Å². The smallest absolute Gasteiger partial charge is 0.338 e. The summed E-state index contributed by atoms with van der Waals surface area (Å²) in [6.45, 7) is 7.90. The van der Waals surface area contributed by atoms with E-state index in [0.717, 1.165) is 16.7 Å². The zero-order chi connectivity index (χ0) is 22.1. The van der Waals surface area contributed by atoms with Crippen LogP contribution in [-0.2, 0) is 9.53 Å². The number of carbonyl (C=O) groups excluding carboxylic acids is 1. The molecule has 0 bridgehead atoms. The number of aromatic nitrogens is 1. The van der Waals surface area contributed by atoms with Crippen LogP contribution < -0.4 is 14.9 Å². The van der Waals surface area contributed by atoms with E-state index in [4.69, 9.17) is 4.74 Å². The lowest BCUT2D eigenvalue weighted by molar-refractivity contribution is -0.139. The number of carbonyl (C=O) groups is 1. The third kappa shape index (κ3) is 3.91. The molecule has 0 fully saturated rings. The van der Waals surface area contributed by atoms with Gasteiger partial charge in [0.1, 0.15) is 0 Å². The van der Waals surface area contributed by atoms with Gasteiger partial charge in [-0.3, -0.25) is 9.36 Å². The number of ether oxygens (including phenoxy) is 1. The van der Waals surface area contributed by atoms with Gasteiger partial charge in [-0.05, 0) is 50.5 Å². The molecule has 5 nitrogen and oxygen atoms in total. The standard InChI is InChI=1S/C25H24N2O3S/c1-5-30-24(29)21-17(4)26-25-27(22(21)18-9-7-6-8-10-18)23(28)20(31-25)14-19-12-11-15(2)13-16(19)3/h6-14,22H,5H2,1-4H3/b20-14-/t22-/m0/s1. The number of benzene rings is 2. The first-order valence-electron chi connectivity index (χ1n) is 10.2. The van der Waals surface area contributed by atoms with E-state index in [1.165, 1.54) is 16.9 Å². The van der Waals surface area contributed by atoms with Crippen molar-refractivity contribution < 1.29 is 9.53 Å². The lowest BCUT2D eigenvalue weighted by Gasteiger charge is -2.24. The molecule has 4 rings (SSSR count). The predicted octanol–water partition coefficient (Wildman–Crippen LogP) is 3.42. The average molecular weight is 433 g/mol.